The Bertz CT molecular complexity index is 1060. The van der Waals surface area contributed by atoms with Crippen LogP contribution in [-0.2, 0) is 11.3 Å². The summed E-state index contributed by atoms with van der Waals surface area (Å²) in [6.07, 6.45) is 9.89. The highest BCUT2D eigenvalue weighted by molar-refractivity contribution is 5.96. The third-order valence-corrected chi connectivity index (χ3v) is 5.35. The van der Waals surface area contributed by atoms with Crippen LogP contribution in [0.2, 0.25) is 0 Å². The Labute approximate surface area is 170 Å². The zero-order chi connectivity index (χ0) is 20.1. The van der Waals surface area contributed by atoms with Gasteiger partial charge in [0.05, 0.1) is 12.5 Å². The molecule has 0 radical (unpaired) electrons. The lowest BCUT2D eigenvalue weighted by Gasteiger charge is -2.35. The number of aromatic nitrogens is 2. The molecule has 1 fully saturated rings. The van der Waals surface area contributed by atoms with Crippen molar-refractivity contribution in [2.24, 2.45) is 0 Å². The average Bonchev–Trinajstić information content (AvgIpc) is 3.14. The van der Waals surface area contributed by atoms with Gasteiger partial charge in [-0.05, 0) is 12.1 Å². The second-order valence-corrected chi connectivity index (χ2v) is 7.11. The Balaban J connectivity index is 1.43. The summed E-state index contributed by atoms with van der Waals surface area (Å²) in [5.74, 6) is 0.0416. The number of aromatic amines is 1. The molecule has 146 valence electrons. The molecule has 1 saturated heterocycles. The fourth-order valence-corrected chi connectivity index (χ4v) is 3.80. The summed E-state index contributed by atoms with van der Waals surface area (Å²) in [5.41, 5.74) is 3.27. The van der Waals surface area contributed by atoms with Gasteiger partial charge in [-0.3, -0.25) is 4.79 Å². The lowest BCUT2D eigenvalue weighted by molar-refractivity contribution is -0.377. The molecule has 3 heterocycles. The minimum Gasteiger partial charge on any atom is -0.368 e. The van der Waals surface area contributed by atoms with E-state index in [2.05, 4.69) is 38.7 Å². The topological polar surface area (TPSA) is 66.4 Å². The van der Waals surface area contributed by atoms with Crippen molar-refractivity contribution in [2.45, 2.75) is 13.0 Å². The SMILES string of the molecule is N#CCCn1cc(/C=C/C(=O)N2CCN(c3cc[nH+]cc3)CC2)c2ccccc21. The van der Waals surface area contributed by atoms with Gasteiger partial charge in [0.15, 0.2) is 12.4 Å². The number of amides is 1. The number of nitrogens with one attached hydrogen (secondary N) is 1. The zero-order valence-electron chi connectivity index (χ0n) is 16.3. The summed E-state index contributed by atoms with van der Waals surface area (Å²) in [4.78, 5) is 19.9. The van der Waals surface area contributed by atoms with E-state index < -0.39 is 0 Å². The first kappa shape index (κ1) is 18.8. The molecular weight excluding hydrogens is 362 g/mol. The maximum Gasteiger partial charge on any atom is 0.246 e. The van der Waals surface area contributed by atoms with E-state index in [4.69, 9.17) is 5.26 Å². The highest BCUT2D eigenvalue weighted by atomic mass is 16.2. The summed E-state index contributed by atoms with van der Waals surface area (Å²) in [5, 5.41) is 9.98. The van der Waals surface area contributed by atoms with Gasteiger partial charge in [0.25, 0.3) is 0 Å². The summed E-state index contributed by atoms with van der Waals surface area (Å²) >= 11 is 0. The first-order chi connectivity index (χ1) is 14.3. The van der Waals surface area contributed by atoms with Crippen LogP contribution in [0.3, 0.4) is 0 Å². The molecule has 0 spiro atoms. The number of H-pyrrole nitrogens is 1. The Kier molecular flexibility index (Phi) is 5.57. The zero-order valence-corrected chi connectivity index (χ0v) is 16.3. The number of para-hydroxylation sites is 1. The lowest BCUT2D eigenvalue weighted by atomic mass is 10.1. The van der Waals surface area contributed by atoms with E-state index in [1.54, 1.807) is 6.08 Å². The molecule has 1 aliphatic rings. The van der Waals surface area contributed by atoms with E-state index in [0.717, 1.165) is 29.6 Å². The summed E-state index contributed by atoms with van der Waals surface area (Å²) in [6, 6.07) is 14.4. The molecule has 0 aliphatic carbocycles. The van der Waals surface area contributed by atoms with Crippen molar-refractivity contribution < 1.29 is 9.78 Å². The minimum absolute atomic E-state index is 0.0416. The molecule has 0 atom stereocenters. The van der Waals surface area contributed by atoms with Gasteiger partial charge >= 0.3 is 0 Å². The molecule has 2 aromatic heterocycles. The summed E-state index contributed by atoms with van der Waals surface area (Å²) in [6.45, 7) is 3.74. The van der Waals surface area contributed by atoms with Crippen LogP contribution in [0.1, 0.15) is 12.0 Å². The predicted octanol–water partition coefficient (Wildman–Crippen LogP) is 2.73. The van der Waals surface area contributed by atoms with Crippen molar-refractivity contribution in [3.63, 3.8) is 0 Å². The first-order valence-electron chi connectivity index (χ1n) is 9.89. The number of rotatable bonds is 5. The number of piperazine rings is 1. The highest BCUT2D eigenvalue weighted by Crippen LogP contribution is 2.23. The third kappa shape index (κ3) is 4.14. The molecule has 4 rings (SSSR count). The molecule has 29 heavy (non-hydrogen) atoms. The number of benzene rings is 1. The van der Waals surface area contributed by atoms with E-state index >= 15 is 0 Å². The van der Waals surface area contributed by atoms with Gasteiger partial charge in [-0.2, -0.15) is 5.26 Å². The van der Waals surface area contributed by atoms with Crippen LogP contribution in [0.15, 0.2) is 61.1 Å². The van der Waals surface area contributed by atoms with Gasteiger partial charge in [-0.15, -0.1) is 0 Å². The number of nitriles is 1. The van der Waals surface area contributed by atoms with Gasteiger partial charge in [0.2, 0.25) is 5.91 Å². The van der Waals surface area contributed by atoms with Crippen molar-refractivity contribution in [3.05, 3.63) is 66.6 Å². The molecule has 0 unspecified atom stereocenters. The smallest absolute Gasteiger partial charge is 0.246 e. The minimum atomic E-state index is 0.0416. The fraction of sp³-hybridized carbons (Fsp3) is 0.261. The van der Waals surface area contributed by atoms with Gasteiger partial charge in [0.1, 0.15) is 0 Å². The van der Waals surface area contributed by atoms with Crippen LogP contribution in [-0.4, -0.2) is 41.6 Å². The van der Waals surface area contributed by atoms with Crippen LogP contribution in [0, 0.1) is 11.3 Å². The summed E-state index contributed by atoms with van der Waals surface area (Å²) in [7, 11) is 0. The average molecular weight is 386 g/mol. The second kappa shape index (κ2) is 8.61. The van der Waals surface area contributed by atoms with Crippen molar-refractivity contribution in [3.8, 4) is 6.07 Å². The quantitative estimate of drug-likeness (QED) is 0.633. The standard InChI is InChI=1S/C23H23N5O/c24-10-3-13-28-18-19(21-4-1-2-5-22(21)28)6-7-23(29)27-16-14-26(15-17-27)20-8-11-25-12-9-20/h1-2,4-9,11-12,18H,3,13-17H2/p+1/b7-6+. The number of pyridine rings is 1. The maximum absolute atomic E-state index is 12.7. The van der Waals surface area contributed by atoms with E-state index in [-0.39, 0.29) is 5.91 Å². The Morgan fingerprint density at radius 3 is 2.62 bits per heavy atom. The van der Waals surface area contributed by atoms with Gasteiger partial charge in [-0.25, -0.2) is 4.98 Å². The molecule has 1 aromatic carbocycles. The second-order valence-electron chi connectivity index (χ2n) is 7.11. The van der Waals surface area contributed by atoms with Gasteiger partial charge in [0, 0.05) is 79.3 Å². The van der Waals surface area contributed by atoms with E-state index in [9.17, 15) is 4.79 Å². The highest BCUT2D eigenvalue weighted by Gasteiger charge is 2.20. The van der Waals surface area contributed by atoms with E-state index in [1.165, 1.54) is 5.69 Å². The molecule has 0 bridgehead atoms. The van der Waals surface area contributed by atoms with Crippen molar-refractivity contribution in [2.75, 3.05) is 31.1 Å². The summed E-state index contributed by atoms with van der Waals surface area (Å²) < 4.78 is 2.08. The number of nitrogens with zero attached hydrogens (tertiary/aromatic N) is 4. The lowest BCUT2D eigenvalue weighted by Crippen LogP contribution is -2.48. The first-order valence-corrected chi connectivity index (χ1v) is 9.89. The van der Waals surface area contributed by atoms with Crippen LogP contribution in [0.25, 0.3) is 17.0 Å². The van der Waals surface area contributed by atoms with E-state index in [1.807, 2.05) is 47.8 Å². The fourth-order valence-electron chi connectivity index (χ4n) is 3.80. The predicted molar refractivity (Wildman–Crippen MR) is 113 cm³/mol. The molecule has 6 nitrogen and oxygen atoms in total. The van der Waals surface area contributed by atoms with Crippen molar-refractivity contribution in [1.82, 2.24) is 9.47 Å². The number of hydrogen-bond acceptors (Lipinski definition) is 3. The monoisotopic (exact) mass is 386 g/mol. The molecule has 1 aliphatic heterocycles. The van der Waals surface area contributed by atoms with Crippen LogP contribution >= 0.6 is 0 Å². The number of hydrogen-bond donors (Lipinski definition) is 0. The Morgan fingerprint density at radius 2 is 1.86 bits per heavy atom. The maximum atomic E-state index is 12.7. The molecular formula is C23H24N5O+. The molecule has 6 heteroatoms. The number of carbonyl (C=O) groups excluding carboxylic acids is 1. The van der Waals surface area contributed by atoms with E-state index in [0.29, 0.717) is 26.1 Å². The number of fused-ring (bicyclic) bond motifs is 1. The van der Waals surface area contributed by atoms with Crippen LogP contribution < -0.4 is 9.88 Å². The largest absolute Gasteiger partial charge is 0.368 e. The van der Waals surface area contributed by atoms with Crippen LogP contribution in [0.5, 0.6) is 0 Å². The Morgan fingerprint density at radius 1 is 1.10 bits per heavy atom. The molecule has 1 N–H and O–H groups in total. The molecule has 1 amide bonds. The molecule has 0 saturated carbocycles. The van der Waals surface area contributed by atoms with Crippen molar-refractivity contribution in [1.29, 1.82) is 5.26 Å². The van der Waals surface area contributed by atoms with Gasteiger partial charge in [-0.1, -0.05) is 18.2 Å². The van der Waals surface area contributed by atoms with Crippen LogP contribution in [0.4, 0.5) is 5.69 Å². The van der Waals surface area contributed by atoms with Gasteiger partial charge < -0.3 is 14.4 Å². The third-order valence-electron chi connectivity index (χ3n) is 5.35. The normalized spacial score (nSPS) is 14.4. The Hall–Kier alpha value is -3.59. The number of aryl methyl sites for hydroxylation is 1. The van der Waals surface area contributed by atoms with Crippen molar-refractivity contribution >= 4 is 28.6 Å². The number of carbonyl (C=O) groups is 1. The molecule has 3 aromatic rings. The number of anilines is 1.